The zero-order valence-electron chi connectivity index (χ0n) is 9.62. The fourth-order valence-electron chi connectivity index (χ4n) is 2.12. The number of nitrogens with zero attached hydrogens (tertiary/aromatic N) is 2. The summed E-state index contributed by atoms with van der Waals surface area (Å²) in [5.74, 6) is 1.07. The number of nitrogens with one attached hydrogen (secondary N) is 1. The monoisotopic (exact) mass is 283 g/mol. The van der Waals surface area contributed by atoms with Crippen molar-refractivity contribution < 1.29 is 0 Å². The average Bonchev–Trinajstić information content (AvgIpc) is 2.80. The molecule has 1 aromatic rings. The predicted molar refractivity (Wildman–Crippen MR) is 70.8 cm³/mol. The predicted octanol–water partition coefficient (Wildman–Crippen LogP) is 2.42. The van der Waals surface area contributed by atoms with Crippen LogP contribution in [-0.4, -0.2) is 30.7 Å². The minimum absolute atomic E-state index is 0.630. The summed E-state index contributed by atoms with van der Waals surface area (Å²) in [4.78, 5) is 6.77. The molecule has 0 amide bonds. The van der Waals surface area contributed by atoms with Crippen molar-refractivity contribution in [1.82, 2.24) is 10.3 Å². The number of pyridine rings is 1. The first-order valence-corrected chi connectivity index (χ1v) is 6.69. The molecule has 2 heterocycles. The molecule has 1 N–H and O–H groups in total. The lowest BCUT2D eigenvalue weighted by atomic mass is 10.2. The number of likely N-dealkylation sites (N-methyl/N-ethyl adjacent to an activating group) is 1. The summed E-state index contributed by atoms with van der Waals surface area (Å²) in [6.07, 6.45) is 4.45. The largest absolute Gasteiger partial charge is 0.355 e. The molecule has 0 spiro atoms. The Kier molecular flexibility index (Phi) is 4.18. The third-order valence-electron chi connectivity index (χ3n) is 3.02. The lowest BCUT2D eigenvalue weighted by Crippen LogP contribution is -2.37. The summed E-state index contributed by atoms with van der Waals surface area (Å²) in [5.41, 5.74) is 0. The SMILES string of the molecule is CCN(CC1CCCN1)c1ccc(Br)cn1. The van der Waals surface area contributed by atoms with Gasteiger partial charge in [0.15, 0.2) is 0 Å². The van der Waals surface area contributed by atoms with Gasteiger partial charge < -0.3 is 10.2 Å². The maximum atomic E-state index is 4.44. The maximum absolute atomic E-state index is 4.44. The van der Waals surface area contributed by atoms with Crippen molar-refractivity contribution in [3.63, 3.8) is 0 Å². The van der Waals surface area contributed by atoms with E-state index in [0.717, 1.165) is 29.9 Å². The van der Waals surface area contributed by atoms with E-state index in [4.69, 9.17) is 0 Å². The van der Waals surface area contributed by atoms with Gasteiger partial charge in [-0.15, -0.1) is 0 Å². The van der Waals surface area contributed by atoms with Crippen LogP contribution in [0.4, 0.5) is 5.82 Å². The normalized spacial score (nSPS) is 20.0. The smallest absolute Gasteiger partial charge is 0.128 e. The molecular formula is C12H18BrN3. The molecule has 1 aromatic heterocycles. The van der Waals surface area contributed by atoms with Gasteiger partial charge in [-0.1, -0.05) is 0 Å². The molecule has 1 saturated heterocycles. The van der Waals surface area contributed by atoms with Gasteiger partial charge in [0.2, 0.25) is 0 Å². The van der Waals surface area contributed by atoms with Gasteiger partial charge in [-0.2, -0.15) is 0 Å². The van der Waals surface area contributed by atoms with Crippen LogP contribution in [-0.2, 0) is 0 Å². The Morgan fingerprint density at radius 2 is 2.44 bits per heavy atom. The minimum atomic E-state index is 0.630. The Balaban J connectivity index is 2.00. The summed E-state index contributed by atoms with van der Waals surface area (Å²) < 4.78 is 1.03. The molecule has 2 rings (SSSR count). The third-order valence-corrected chi connectivity index (χ3v) is 3.49. The van der Waals surface area contributed by atoms with Crippen molar-refractivity contribution in [2.75, 3.05) is 24.5 Å². The van der Waals surface area contributed by atoms with Crippen LogP contribution in [0.25, 0.3) is 0 Å². The van der Waals surface area contributed by atoms with Crippen molar-refractivity contribution in [1.29, 1.82) is 0 Å². The topological polar surface area (TPSA) is 28.2 Å². The number of anilines is 1. The molecular weight excluding hydrogens is 266 g/mol. The van der Waals surface area contributed by atoms with E-state index in [1.807, 2.05) is 12.3 Å². The average molecular weight is 284 g/mol. The molecule has 0 aromatic carbocycles. The van der Waals surface area contributed by atoms with Crippen molar-refractivity contribution in [3.05, 3.63) is 22.8 Å². The van der Waals surface area contributed by atoms with Crippen LogP contribution in [0.5, 0.6) is 0 Å². The standard InChI is InChI=1S/C12H18BrN3/c1-2-16(9-11-4-3-7-14-11)12-6-5-10(13)8-15-12/h5-6,8,11,14H,2-4,7,9H2,1H3. The molecule has 16 heavy (non-hydrogen) atoms. The second-order valence-electron chi connectivity index (χ2n) is 4.17. The summed E-state index contributed by atoms with van der Waals surface area (Å²) in [6, 6.07) is 4.75. The zero-order chi connectivity index (χ0) is 11.4. The Morgan fingerprint density at radius 3 is 3.00 bits per heavy atom. The number of aromatic nitrogens is 1. The molecule has 88 valence electrons. The van der Waals surface area contributed by atoms with Gasteiger partial charge in [-0.05, 0) is 54.4 Å². The van der Waals surface area contributed by atoms with Gasteiger partial charge in [0, 0.05) is 29.8 Å². The van der Waals surface area contributed by atoms with E-state index in [9.17, 15) is 0 Å². The lowest BCUT2D eigenvalue weighted by molar-refractivity contribution is 0.584. The Bertz CT molecular complexity index is 320. The van der Waals surface area contributed by atoms with Crippen LogP contribution < -0.4 is 10.2 Å². The number of hydrogen-bond acceptors (Lipinski definition) is 3. The van der Waals surface area contributed by atoms with Crippen LogP contribution >= 0.6 is 15.9 Å². The highest BCUT2D eigenvalue weighted by atomic mass is 79.9. The van der Waals surface area contributed by atoms with E-state index in [0.29, 0.717) is 6.04 Å². The Hall–Kier alpha value is -0.610. The van der Waals surface area contributed by atoms with Gasteiger partial charge in [-0.25, -0.2) is 4.98 Å². The second-order valence-corrected chi connectivity index (χ2v) is 5.08. The molecule has 4 heteroatoms. The maximum Gasteiger partial charge on any atom is 0.128 e. The van der Waals surface area contributed by atoms with Crippen LogP contribution in [0.2, 0.25) is 0 Å². The minimum Gasteiger partial charge on any atom is -0.355 e. The zero-order valence-corrected chi connectivity index (χ0v) is 11.2. The van der Waals surface area contributed by atoms with E-state index in [-0.39, 0.29) is 0 Å². The quantitative estimate of drug-likeness (QED) is 0.920. The van der Waals surface area contributed by atoms with Crippen LogP contribution in [0, 0.1) is 0 Å². The van der Waals surface area contributed by atoms with Gasteiger partial charge in [0.1, 0.15) is 5.82 Å². The van der Waals surface area contributed by atoms with Crippen LogP contribution in [0.1, 0.15) is 19.8 Å². The highest BCUT2D eigenvalue weighted by Gasteiger charge is 2.17. The first kappa shape index (κ1) is 11.9. The molecule has 1 unspecified atom stereocenters. The highest BCUT2D eigenvalue weighted by molar-refractivity contribution is 9.10. The first-order chi connectivity index (χ1) is 7.79. The summed E-state index contributed by atoms with van der Waals surface area (Å²) in [5, 5.41) is 3.52. The molecule has 1 aliphatic rings. The van der Waals surface area contributed by atoms with Crippen LogP contribution in [0.3, 0.4) is 0 Å². The van der Waals surface area contributed by atoms with Crippen molar-refractivity contribution in [2.24, 2.45) is 0 Å². The van der Waals surface area contributed by atoms with Crippen molar-refractivity contribution >= 4 is 21.7 Å². The summed E-state index contributed by atoms with van der Waals surface area (Å²) in [6.45, 7) is 5.41. The van der Waals surface area contributed by atoms with E-state index in [1.54, 1.807) is 0 Å². The molecule has 0 saturated carbocycles. The Morgan fingerprint density at radius 1 is 1.56 bits per heavy atom. The van der Waals surface area contributed by atoms with Gasteiger partial charge in [0.05, 0.1) is 0 Å². The second kappa shape index (κ2) is 5.64. The fraction of sp³-hybridized carbons (Fsp3) is 0.583. The summed E-state index contributed by atoms with van der Waals surface area (Å²) >= 11 is 3.41. The molecule has 1 atom stereocenters. The molecule has 3 nitrogen and oxygen atoms in total. The molecule has 0 bridgehead atoms. The number of halogens is 1. The van der Waals surface area contributed by atoms with Gasteiger partial charge >= 0.3 is 0 Å². The lowest BCUT2D eigenvalue weighted by Gasteiger charge is -2.25. The van der Waals surface area contributed by atoms with E-state index >= 15 is 0 Å². The first-order valence-electron chi connectivity index (χ1n) is 5.89. The van der Waals surface area contributed by atoms with Gasteiger partial charge in [-0.3, -0.25) is 0 Å². The third kappa shape index (κ3) is 2.95. The molecule has 0 aliphatic carbocycles. The Labute approximate surface area is 105 Å². The van der Waals surface area contributed by atoms with Gasteiger partial charge in [0.25, 0.3) is 0 Å². The van der Waals surface area contributed by atoms with Crippen LogP contribution in [0.15, 0.2) is 22.8 Å². The molecule has 0 radical (unpaired) electrons. The molecule has 1 aliphatic heterocycles. The fourth-order valence-corrected chi connectivity index (χ4v) is 2.35. The van der Waals surface area contributed by atoms with E-state index in [2.05, 4.69) is 44.1 Å². The van der Waals surface area contributed by atoms with E-state index in [1.165, 1.54) is 12.8 Å². The summed E-state index contributed by atoms with van der Waals surface area (Å²) in [7, 11) is 0. The number of hydrogen-bond donors (Lipinski definition) is 1. The highest BCUT2D eigenvalue weighted by Crippen LogP contribution is 2.16. The van der Waals surface area contributed by atoms with Crippen molar-refractivity contribution in [2.45, 2.75) is 25.8 Å². The van der Waals surface area contributed by atoms with E-state index < -0.39 is 0 Å². The van der Waals surface area contributed by atoms with Crippen molar-refractivity contribution in [3.8, 4) is 0 Å². The molecule has 1 fully saturated rings. The number of rotatable bonds is 4.